The van der Waals surface area contributed by atoms with Gasteiger partial charge >= 0.3 is 5.97 Å². The van der Waals surface area contributed by atoms with E-state index >= 15 is 0 Å². The number of carbonyl (C=O) groups excluding carboxylic acids is 1. The summed E-state index contributed by atoms with van der Waals surface area (Å²) in [6, 6.07) is -0.0402. The van der Waals surface area contributed by atoms with Crippen LogP contribution in [-0.4, -0.2) is 39.1 Å². The number of nitrogens with one attached hydrogen (secondary N) is 1. The molecule has 0 amide bonds. The molecule has 1 aromatic rings. The molecule has 19 heavy (non-hydrogen) atoms. The third-order valence-electron chi connectivity index (χ3n) is 2.27. The summed E-state index contributed by atoms with van der Waals surface area (Å²) < 4.78 is 6.90. The van der Waals surface area contributed by atoms with Crippen molar-refractivity contribution >= 4 is 11.7 Å². The maximum atomic E-state index is 11.7. The Morgan fingerprint density at radius 1 is 1.58 bits per heavy atom. The number of aliphatic hydroxyl groups excluding tert-OH is 1. The molecule has 108 valence electrons. The van der Waals surface area contributed by atoms with Crippen molar-refractivity contribution in [3.63, 3.8) is 0 Å². The smallest absolute Gasteiger partial charge is 0.308 e. The Hall–Kier alpha value is -1.56. The van der Waals surface area contributed by atoms with Crippen molar-refractivity contribution in [3.8, 4) is 0 Å². The van der Waals surface area contributed by atoms with E-state index in [0.29, 0.717) is 13.0 Å². The maximum Gasteiger partial charge on any atom is 0.308 e. The molecule has 6 nitrogen and oxygen atoms in total. The van der Waals surface area contributed by atoms with Crippen LogP contribution >= 0.6 is 0 Å². The van der Waals surface area contributed by atoms with Gasteiger partial charge in [-0.1, -0.05) is 0 Å². The zero-order chi connectivity index (χ0) is 14.5. The van der Waals surface area contributed by atoms with Crippen LogP contribution in [0, 0.1) is 0 Å². The van der Waals surface area contributed by atoms with E-state index in [9.17, 15) is 4.79 Å². The van der Waals surface area contributed by atoms with Gasteiger partial charge in [0.05, 0.1) is 31.5 Å². The first-order valence-corrected chi connectivity index (χ1v) is 6.42. The van der Waals surface area contributed by atoms with Crippen LogP contribution in [0.25, 0.3) is 0 Å². The number of carbonyl (C=O) groups is 1. The van der Waals surface area contributed by atoms with Gasteiger partial charge in [0.25, 0.3) is 0 Å². The van der Waals surface area contributed by atoms with Crippen LogP contribution in [0.2, 0.25) is 0 Å². The lowest BCUT2D eigenvalue weighted by Crippen LogP contribution is -2.28. The van der Waals surface area contributed by atoms with Crippen molar-refractivity contribution in [1.82, 2.24) is 9.78 Å². The molecule has 1 aromatic heterocycles. The molecule has 0 spiro atoms. The maximum absolute atomic E-state index is 11.7. The van der Waals surface area contributed by atoms with Gasteiger partial charge in [0.2, 0.25) is 0 Å². The van der Waals surface area contributed by atoms with Crippen molar-refractivity contribution in [1.29, 1.82) is 0 Å². The van der Waals surface area contributed by atoms with Gasteiger partial charge in [-0.25, -0.2) is 0 Å². The Kier molecular flexibility index (Phi) is 5.35. The zero-order valence-electron chi connectivity index (χ0n) is 12.0. The van der Waals surface area contributed by atoms with Gasteiger partial charge in [0, 0.05) is 12.2 Å². The largest absolute Gasteiger partial charge is 0.460 e. The fourth-order valence-corrected chi connectivity index (χ4v) is 1.63. The standard InChI is InChI=1S/C13H23N3O3/c1-10(7-12(18)19-13(2,3)4)15-11-8-14-16(9-11)5-6-17/h8-10,15,17H,5-7H2,1-4H3. The SMILES string of the molecule is CC(CC(=O)OC(C)(C)C)Nc1cnn(CCO)c1. The Labute approximate surface area is 113 Å². The van der Waals surface area contributed by atoms with Gasteiger partial charge in [-0.15, -0.1) is 0 Å². The second-order valence-corrected chi connectivity index (χ2v) is 5.55. The topological polar surface area (TPSA) is 76.4 Å². The average Bonchev–Trinajstić information content (AvgIpc) is 2.62. The number of hydrogen-bond donors (Lipinski definition) is 2. The highest BCUT2D eigenvalue weighted by molar-refractivity contribution is 5.71. The van der Waals surface area contributed by atoms with E-state index in [2.05, 4.69) is 10.4 Å². The van der Waals surface area contributed by atoms with Crippen LogP contribution < -0.4 is 5.32 Å². The lowest BCUT2D eigenvalue weighted by Gasteiger charge is -2.21. The van der Waals surface area contributed by atoms with E-state index < -0.39 is 5.60 Å². The predicted octanol–water partition coefficient (Wildman–Crippen LogP) is 1.41. The van der Waals surface area contributed by atoms with Crippen LogP contribution in [-0.2, 0) is 16.1 Å². The van der Waals surface area contributed by atoms with E-state index in [1.807, 2.05) is 27.7 Å². The second kappa shape index (κ2) is 6.56. The third kappa shape index (κ3) is 6.24. The van der Waals surface area contributed by atoms with E-state index in [1.165, 1.54) is 0 Å². The molecule has 0 aliphatic carbocycles. The van der Waals surface area contributed by atoms with Gasteiger partial charge in [-0.05, 0) is 27.7 Å². The Balaban J connectivity index is 2.41. The molecule has 1 unspecified atom stereocenters. The Bertz CT molecular complexity index is 410. The number of rotatable bonds is 6. The summed E-state index contributed by atoms with van der Waals surface area (Å²) in [5, 5.41) is 16.0. The normalized spacial score (nSPS) is 13.1. The number of hydrogen-bond acceptors (Lipinski definition) is 5. The highest BCUT2D eigenvalue weighted by Gasteiger charge is 2.18. The van der Waals surface area contributed by atoms with Crippen LogP contribution in [0.4, 0.5) is 5.69 Å². The highest BCUT2D eigenvalue weighted by atomic mass is 16.6. The fraction of sp³-hybridized carbons (Fsp3) is 0.692. The van der Waals surface area contributed by atoms with Gasteiger partial charge in [-0.3, -0.25) is 9.48 Å². The number of esters is 1. The fourth-order valence-electron chi connectivity index (χ4n) is 1.63. The molecule has 1 heterocycles. The number of ether oxygens (including phenoxy) is 1. The number of nitrogens with zero attached hydrogens (tertiary/aromatic N) is 2. The van der Waals surface area contributed by atoms with Gasteiger partial charge < -0.3 is 15.2 Å². The molecule has 2 N–H and O–H groups in total. The third-order valence-corrected chi connectivity index (χ3v) is 2.27. The quantitative estimate of drug-likeness (QED) is 0.764. The predicted molar refractivity (Wildman–Crippen MR) is 72.9 cm³/mol. The second-order valence-electron chi connectivity index (χ2n) is 5.55. The summed E-state index contributed by atoms with van der Waals surface area (Å²) in [5.41, 5.74) is 0.368. The summed E-state index contributed by atoms with van der Waals surface area (Å²) in [6.45, 7) is 7.97. The van der Waals surface area contributed by atoms with Crippen molar-refractivity contribution < 1.29 is 14.6 Å². The van der Waals surface area contributed by atoms with Crippen LogP contribution in [0.3, 0.4) is 0 Å². The number of aliphatic hydroxyl groups is 1. The van der Waals surface area contributed by atoms with Gasteiger partial charge in [0.1, 0.15) is 5.60 Å². The minimum absolute atomic E-state index is 0.0402. The minimum atomic E-state index is -0.456. The summed E-state index contributed by atoms with van der Waals surface area (Å²) in [4.78, 5) is 11.7. The van der Waals surface area contributed by atoms with Crippen LogP contribution in [0.1, 0.15) is 34.1 Å². The summed E-state index contributed by atoms with van der Waals surface area (Å²) >= 11 is 0. The Morgan fingerprint density at radius 3 is 2.84 bits per heavy atom. The molecule has 0 bridgehead atoms. The molecule has 1 rings (SSSR count). The van der Waals surface area contributed by atoms with Crippen molar-refractivity contribution in [2.45, 2.75) is 52.3 Å². The number of aromatic nitrogens is 2. The zero-order valence-corrected chi connectivity index (χ0v) is 12.0. The van der Waals surface area contributed by atoms with Crippen molar-refractivity contribution in [2.24, 2.45) is 0 Å². The summed E-state index contributed by atoms with van der Waals surface area (Å²) in [5.74, 6) is -0.227. The van der Waals surface area contributed by atoms with E-state index in [0.717, 1.165) is 5.69 Å². The monoisotopic (exact) mass is 269 g/mol. The minimum Gasteiger partial charge on any atom is -0.460 e. The molecule has 0 radical (unpaired) electrons. The first kappa shape index (κ1) is 15.5. The lowest BCUT2D eigenvalue weighted by molar-refractivity contribution is -0.154. The van der Waals surface area contributed by atoms with Gasteiger partial charge in [-0.2, -0.15) is 5.10 Å². The van der Waals surface area contributed by atoms with Crippen LogP contribution in [0.5, 0.6) is 0 Å². The van der Waals surface area contributed by atoms with Gasteiger partial charge in [0.15, 0.2) is 0 Å². The van der Waals surface area contributed by atoms with Crippen molar-refractivity contribution in [3.05, 3.63) is 12.4 Å². The first-order valence-electron chi connectivity index (χ1n) is 6.42. The van der Waals surface area contributed by atoms with E-state index in [4.69, 9.17) is 9.84 Å². The lowest BCUT2D eigenvalue weighted by atomic mass is 10.2. The Morgan fingerprint density at radius 2 is 2.26 bits per heavy atom. The molecule has 0 fully saturated rings. The summed E-state index contributed by atoms with van der Waals surface area (Å²) in [6.07, 6.45) is 3.76. The van der Waals surface area contributed by atoms with Crippen LogP contribution in [0.15, 0.2) is 12.4 Å². The first-order chi connectivity index (χ1) is 8.80. The highest BCUT2D eigenvalue weighted by Crippen LogP contribution is 2.12. The molecule has 0 aliphatic rings. The van der Waals surface area contributed by atoms with E-state index in [-0.39, 0.29) is 18.6 Å². The molecule has 6 heteroatoms. The molecular weight excluding hydrogens is 246 g/mol. The number of anilines is 1. The molecule has 0 saturated carbocycles. The summed E-state index contributed by atoms with van der Waals surface area (Å²) in [7, 11) is 0. The molecule has 0 aromatic carbocycles. The molecule has 1 atom stereocenters. The molecular formula is C13H23N3O3. The molecule has 0 saturated heterocycles. The molecule has 0 aliphatic heterocycles. The average molecular weight is 269 g/mol. The van der Waals surface area contributed by atoms with E-state index in [1.54, 1.807) is 17.1 Å². The van der Waals surface area contributed by atoms with Crippen molar-refractivity contribution in [2.75, 3.05) is 11.9 Å².